The van der Waals surface area contributed by atoms with Crippen LogP contribution in [-0.2, 0) is 14.3 Å². The molecule has 0 fully saturated rings. The lowest BCUT2D eigenvalue weighted by atomic mass is 10.1. The van der Waals surface area contributed by atoms with Crippen LogP contribution in [0.3, 0.4) is 0 Å². The summed E-state index contributed by atoms with van der Waals surface area (Å²) < 4.78 is 18.2. The number of hydrogen-bond acceptors (Lipinski definition) is 3. The largest absolute Gasteiger partial charge is 0.449 e. The second-order valence-electron chi connectivity index (χ2n) is 5.86. The van der Waals surface area contributed by atoms with Gasteiger partial charge in [-0.05, 0) is 55.3 Å². The number of benzene rings is 2. The summed E-state index contributed by atoms with van der Waals surface area (Å²) >= 11 is 12.0. The Hall–Kier alpha value is -2.37. The van der Waals surface area contributed by atoms with Crippen molar-refractivity contribution in [2.75, 3.05) is 0 Å². The molecule has 0 heterocycles. The lowest BCUT2D eigenvalue weighted by Gasteiger charge is -2.19. The second-order valence-corrected chi connectivity index (χ2v) is 6.71. The standard InChI is InChI=1S/C20H18Cl2FNO3/c1-12(17-8-7-15(21)11-18(17)22)24-20(26)13(2)27-19(25)9-6-14-4-3-5-16(23)10-14/h3-13H,1-2H3,(H,24,26)/b9-6+/t12-,13-/m0/s1. The van der Waals surface area contributed by atoms with Gasteiger partial charge in [-0.2, -0.15) is 0 Å². The van der Waals surface area contributed by atoms with Crippen molar-refractivity contribution in [3.8, 4) is 0 Å². The topological polar surface area (TPSA) is 55.4 Å². The fourth-order valence-electron chi connectivity index (χ4n) is 2.30. The molecule has 2 atom stereocenters. The summed E-state index contributed by atoms with van der Waals surface area (Å²) in [5.74, 6) is -1.59. The van der Waals surface area contributed by atoms with Crippen molar-refractivity contribution in [1.82, 2.24) is 5.32 Å². The first-order valence-corrected chi connectivity index (χ1v) is 8.91. The zero-order valence-corrected chi connectivity index (χ0v) is 16.2. The minimum Gasteiger partial charge on any atom is -0.449 e. The molecule has 0 saturated carbocycles. The van der Waals surface area contributed by atoms with E-state index in [0.29, 0.717) is 21.2 Å². The molecule has 0 unspecified atom stereocenters. The van der Waals surface area contributed by atoms with E-state index in [1.165, 1.54) is 31.2 Å². The molecular formula is C20H18Cl2FNO3. The summed E-state index contributed by atoms with van der Waals surface area (Å²) in [5.41, 5.74) is 1.20. The monoisotopic (exact) mass is 409 g/mol. The zero-order chi connectivity index (χ0) is 20.0. The van der Waals surface area contributed by atoms with E-state index in [4.69, 9.17) is 27.9 Å². The van der Waals surface area contributed by atoms with E-state index in [0.717, 1.165) is 6.08 Å². The number of hydrogen-bond donors (Lipinski definition) is 1. The van der Waals surface area contributed by atoms with Crippen LogP contribution in [0.15, 0.2) is 48.5 Å². The molecule has 0 saturated heterocycles. The van der Waals surface area contributed by atoms with Gasteiger partial charge in [0, 0.05) is 16.1 Å². The molecule has 1 amide bonds. The van der Waals surface area contributed by atoms with Gasteiger partial charge in [0.15, 0.2) is 6.10 Å². The first-order chi connectivity index (χ1) is 12.8. The Balaban J connectivity index is 1.91. The summed E-state index contributed by atoms with van der Waals surface area (Å²) in [6.45, 7) is 3.21. The van der Waals surface area contributed by atoms with Crippen molar-refractivity contribution in [3.05, 3.63) is 75.5 Å². The second kappa shape index (κ2) is 9.53. The first kappa shape index (κ1) is 20.9. The molecule has 0 spiro atoms. The zero-order valence-electron chi connectivity index (χ0n) is 14.7. The highest BCUT2D eigenvalue weighted by atomic mass is 35.5. The van der Waals surface area contributed by atoms with Gasteiger partial charge in [0.1, 0.15) is 5.82 Å². The quantitative estimate of drug-likeness (QED) is 0.541. The van der Waals surface area contributed by atoms with Crippen LogP contribution in [0.1, 0.15) is 31.0 Å². The van der Waals surface area contributed by atoms with Crippen molar-refractivity contribution in [2.24, 2.45) is 0 Å². The molecule has 0 bridgehead atoms. The maximum absolute atomic E-state index is 13.1. The molecule has 0 radical (unpaired) electrons. The summed E-state index contributed by atoms with van der Waals surface area (Å²) in [6, 6.07) is 10.3. The van der Waals surface area contributed by atoms with E-state index < -0.39 is 29.8 Å². The minimum absolute atomic E-state index is 0.397. The molecule has 7 heteroatoms. The predicted octanol–water partition coefficient (Wildman–Crippen LogP) is 4.95. The van der Waals surface area contributed by atoms with Gasteiger partial charge in [-0.15, -0.1) is 0 Å². The van der Waals surface area contributed by atoms with E-state index in [2.05, 4.69) is 5.32 Å². The van der Waals surface area contributed by atoms with E-state index in [1.807, 2.05) is 0 Å². The molecule has 0 aliphatic rings. The molecule has 2 rings (SSSR count). The third-order valence-electron chi connectivity index (χ3n) is 3.71. The smallest absolute Gasteiger partial charge is 0.331 e. The molecule has 1 N–H and O–H groups in total. The Labute approximate surface area is 166 Å². The molecule has 27 heavy (non-hydrogen) atoms. The third-order valence-corrected chi connectivity index (χ3v) is 4.27. The summed E-state index contributed by atoms with van der Waals surface area (Å²) in [4.78, 5) is 24.1. The normalized spacial score (nSPS) is 13.2. The molecule has 2 aromatic rings. The number of halogens is 3. The Morgan fingerprint density at radius 1 is 1.15 bits per heavy atom. The van der Waals surface area contributed by atoms with Crippen LogP contribution in [0.25, 0.3) is 6.08 Å². The Morgan fingerprint density at radius 2 is 1.89 bits per heavy atom. The van der Waals surface area contributed by atoms with Crippen LogP contribution in [-0.4, -0.2) is 18.0 Å². The van der Waals surface area contributed by atoms with Crippen LogP contribution < -0.4 is 5.32 Å². The molecule has 142 valence electrons. The average Bonchev–Trinajstić information content (AvgIpc) is 2.59. The van der Waals surface area contributed by atoms with Gasteiger partial charge in [0.25, 0.3) is 5.91 Å². The fourth-order valence-corrected chi connectivity index (χ4v) is 2.87. The highest BCUT2D eigenvalue weighted by Crippen LogP contribution is 2.26. The number of amides is 1. The average molecular weight is 410 g/mol. The molecule has 4 nitrogen and oxygen atoms in total. The van der Waals surface area contributed by atoms with Gasteiger partial charge in [0.05, 0.1) is 6.04 Å². The van der Waals surface area contributed by atoms with Crippen molar-refractivity contribution in [1.29, 1.82) is 0 Å². The molecule has 2 aromatic carbocycles. The Bertz CT molecular complexity index is 870. The van der Waals surface area contributed by atoms with Crippen molar-refractivity contribution >= 4 is 41.2 Å². The molecular weight excluding hydrogens is 392 g/mol. The van der Waals surface area contributed by atoms with Crippen molar-refractivity contribution in [2.45, 2.75) is 26.0 Å². The Kier molecular flexibility index (Phi) is 7.39. The number of ether oxygens (including phenoxy) is 1. The van der Waals surface area contributed by atoms with Crippen LogP contribution >= 0.6 is 23.2 Å². The van der Waals surface area contributed by atoms with Crippen LogP contribution in [0.4, 0.5) is 4.39 Å². The minimum atomic E-state index is -1.01. The highest BCUT2D eigenvalue weighted by molar-refractivity contribution is 6.35. The summed E-state index contributed by atoms with van der Waals surface area (Å²) in [5, 5.41) is 3.65. The lowest BCUT2D eigenvalue weighted by Crippen LogP contribution is -2.37. The number of carbonyl (C=O) groups is 2. The predicted molar refractivity (Wildman–Crippen MR) is 104 cm³/mol. The van der Waals surface area contributed by atoms with E-state index >= 15 is 0 Å². The number of esters is 1. The SMILES string of the molecule is C[C@H](OC(=O)/C=C/c1cccc(F)c1)C(=O)N[C@@H](C)c1ccc(Cl)cc1Cl. The maximum atomic E-state index is 13.1. The van der Waals surface area contributed by atoms with Crippen molar-refractivity contribution < 1.29 is 18.7 Å². The van der Waals surface area contributed by atoms with Crippen LogP contribution in [0.5, 0.6) is 0 Å². The van der Waals surface area contributed by atoms with E-state index in [9.17, 15) is 14.0 Å². The molecule has 0 aromatic heterocycles. The number of nitrogens with one attached hydrogen (secondary N) is 1. The van der Waals surface area contributed by atoms with Gasteiger partial charge < -0.3 is 10.1 Å². The number of rotatable bonds is 6. The first-order valence-electron chi connectivity index (χ1n) is 8.16. The van der Waals surface area contributed by atoms with Crippen LogP contribution in [0, 0.1) is 5.82 Å². The van der Waals surface area contributed by atoms with Crippen LogP contribution in [0.2, 0.25) is 10.0 Å². The lowest BCUT2D eigenvalue weighted by molar-refractivity contribution is -0.150. The van der Waals surface area contributed by atoms with Gasteiger partial charge >= 0.3 is 5.97 Å². The van der Waals surface area contributed by atoms with E-state index in [-0.39, 0.29) is 0 Å². The Morgan fingerprint density at radius 3 is 2.56 bits per heavy atom. The van der Waals surface area contributed by atoms with Gasteiger partial charge in [-0.25, -0.2) is 9.18 Å². The summed E-state index contributed by atoms with van der Waals surface area (Å²) in [7, 11) is 0. The molecule has 0 aliphatic carbocycles. The van der Waals surface area contributed by atoms with Gasteiger partial charge in [0.2, 0.25) is 0 Å². The summed E-state index contributed by atoms with van der Waals surface area (Å²) in [6.07, 6.45) is 1.53. The van der Waals surface area contributed by atoms with Gasteiger partial charge in [-0.1, -0.05) is 41.4 Å². The third kappa shape index (κ3) is 6.38. The maximum Gasteiger partial charge on any atom is 0.331 e. The van der Waals surface area contributed by atoms with Crippen molar-refractivity contribution in [3.63, 3.8) is 0 Å². The number of carbonyl (C=O) groups excluding carboxylic acids is 2. The fraction of sp³-hybridized carbons (Fsp3) is 0.200. The van der Waals surface area contributed by atoms with E-state index in [1.54, 1.807) is 31.2 Å². The highest BCUT2D eigenvalue weighted by Gasteiger charge is 2.20. The molecule has 0 aliphatic heterocycles. The van der Waals surface area contributed by atoms with Gasteiger partial charge in [-0.3, -0.25) is 4.79 Å².